The molecule has 3 amide bonds. The number of fused-ring (bicyclic) bond motifs is 1. The summed E-state index contributed by atoms with van der Waals surface area (Å²) in [5, 5.41) is 4.25. The third-order valence-corrected chi connectivity index (χ3v) is 3.39. The van der Waals surface area contributed by atoms with Gasteiger partial charge in [0.2, 0.25) is 5.75 Å². The zero-order valence-corrected chi connectivity index (χ0v) is 14.7. The maximum absolute atomic E-state index is 11.9. The maximum atomic E-state index is 11.9. The van der Waals surface area contributed by atoms with Gasteiger partial charge in [0.05, 0.1) is 7.11 Å². The van der Waals surface area contributed by atoms with E-state index in [4.69, 9.17) is 18.9 Å². The van der Waals surface area contributed by atoms with E-state index in [9.17, 15) is 14.4 Å². The first-order chi connectivity index (χ1) is 12.4. The number of urea groups is 1. The molecule has 0 aliphatic carbocycles. The van der Waals surface area contributed by atoms with Gasteiger partial charge in [-0.1, -0.05) is 0 Å². The number of hydrogen-bond acceptors (Lipinski definition) is 7. The van der Waals surface area contributed by atoms with Crippen LogP contribution in [-0.2, 0) is 14.3 Å². The molecule has 0 saturated heterocycles. The lowest BCUT2D eigenvalue weighted by Crippen LogP contribution is -2.43. The first-order valence-electron chi connectivity index (χ1n) is 7.83. The Kier molecular flexibility index (Phi) is 6.42. The van der Waals surface area contributed by atoms with Crippen molar-refractivity contribution in [1.82, 2.24) is 10.6 Å². The number of imide groups is 1. The summed E-state index contributed by atoms with van der Waals surface area (Å²) >= 11 is 0. The summed E-state index contributed by atoms with van der Waals surface area (Å²) in [6.45, 7) is 2.21. The van der Waals surface area contributed by atoms with Crippen LogP contribution in [0.25, 0.3) is 6.08 Å². The second-order valence-electron chi connectivity index (χ2n) is 5.23. The quantitative estimate of drug-likeness (QED) is 0.589. The van der Waals surface area contributed by atoms with E-state index in [-0.39, 0.29) is 0 Å². The SMILES string of the molecule is CNC(=O)NC(=O)[C@@H](C)OC(=O)/C=C/c1cc(OC)c2c(c1)OCCO2. The predicted molar refractivity (Wildman–Crippen MR) is 91.2 cm³/mol. The van der Waals surface area contributed by atoms with Gasteiger partial charge in [0.25, 0.3) is 5.91 Å². The highest BCUT2D eigenvalue weighted by Crippen LogP contribution is 2.40. The molecule has 0 saturated carbocycles. The first kappa shape index (κ1) is 19.1. The highest BCUT2D eigenvalue weighted by Gasteiger charge is 2.19. The lowest BCUT2D eigenvalue weighted by molar-refractivity contribution is -0.149. The van der Waals surface area contributed by atoms with Crippen LogP contribution >= 0.6 is 0 Å². The van der Waals surface area contributed by atoms with Gasteiger partial charge in [0.15, 0.2) is 17.6 Å². The van der Waals surface area contributed by atoms with Crippen molar-refractivity contribution in [3.63, 3.8) is 0 Å². The molecular formula is C17H20N2O7. The Hall–Kier alpha value is -3.23. The normalized spacial score (nSPS) is 13.7. The summed E-state index contributed by atoms with van der Waals surface area (Å²) < 4.78 is 21.2. The van der Waals surface area contributed by atoms with E-state index in [1.54, 1.807) is 12.1 Å². The van der Waals surface area contributed by atoms with Crippen LogP contribution in [-0.4, -0.2) is 51.4 Å². The molecule has 2 rings (SSSR count). The van der Waals surface area contributed by atoms with E-state index < -0.39 is 24.0 Å². The van der Waals surface area contributed by atoms with Crippen LogP contribution < -0.4 is 24.8 Å². The van der Waals surface area contributed by atoms with Crippen LogP contribution in [0.1, 0.15) is 12.5 Å². The fraction of sp³-hybridized carbons (Fsp3) is 0.353. The molecule has 1 aliphatic rings. The van der Waals surface area contributed by atoms with Gasteiger partial charge in [-0.15, -0.1) is 0 Å². The number of hydrogen-bond donors (Lipinski definition) is 2. The van der Waals surface area contributed by atoms with E-state index in [0.29, 0.717) is 36.0 Å². The molecule has 9 nitrogen and oxygen atoms in total. The molecule has 1 aromatic carbocycles. The number of carbonyl (C=O) groups excluding carboxylic acids is 3. The first-order valence-corrected chi connectivity index (χ1v) is 7.83. The molecule has 0 bridgehead atoms. The number of benzene rings is 1. The van der Waals surface area contributed by atoms with Gasteiger partial charge in [-0.25, -0.2) is 9.59 Å². The van der Waals surface area contributed by atoms with Crippen LogP contribution in [0.2, 0.25) is 0 Å². The van der Waals surface area contributed by atoms with Crippen LogP contribution in [0, 0.1) is 0 Å². The Balaban J connectivity index is 2.01. The fourth-order valence-electron chi connectivity index (χ4n) is 2.10. The Morgan fingerprint density at radius 3 is 2.65 bits per heavy atom. The van der Waals surface area contributed by atoms with Crippen molar-refractivity contribution in [2.24, 2.45) is 0 Å². The molecule has 0 unspecified atom stereocenters. The number of carbonyl (C=O) groups is 3. The topological polar surface area (TPSA) is 112 Å². The number of rotatable bonds is 5. The second-order valence-corrected chi connectivity index (χ2v) is 5.23. The summed E-state index contributed by atoms with van der Waals surface area (Å²) in [4.78, 5) is 34.6. The van der Waals surface area contributed by atoms with E-state index in [1.807, 2.05) is 5.32 Å². The minimum Gasteiger partial charge on any atom is -0.493 e. The zero-order valence-electron chi connectivity index (χ0n) is 14.7. The molecular weight excluding hydrogens is 344 g/mol. The second kappa shape index (κ2) is 8.75. The largest absolute Gasteiger partial charge is 0.493 e. The van der Waals surface area contributed by atoms with Crippen LogP contribution in [0.3, 0.4) is 0 Å². The van der Waals surface area contributed by atoms with Crippen LogP contribution in [0.5, 0.6) is 17.2 Å². The van der Waals surface area contributed by atoms with E-state index in [1.165, 1.54) is 27.2 Å². The highest BCUT2D eigenvalue weighted by atomic mass is 16.6. The van der Waals surface area contributed by atoms with Crippen molar-refractivity contribution < 1.29 is 33.3 Å². The van der Waals surface area contributed by atoms with E-state index in [2.05, 4.69) is 5.32 Å². The summed E-state index contributed by atoms with van der Waals surface area (Å²) in [6, 6.07) is 2.69. The number of esters is 1. The fourth-order valence-corrected chi connectivity index (χ4v) is 2.10. The molecule has 0 aromatic heterocycles. The lowest BCUT2D eigenvalue weighted by atomic mass is 10.1. The van der Waals surface area contributed by atoms with Crippen LogP contribution in [0.15, 0.2) is 18.2 Å². The summed E-state index contributed by atoms with van der Waals surface area (Å²) in [5.74, 6) is 0.0407. The Bertz CT molecular complexity index is 713. The molecule has 1 aliphatic heterocycles. The predicted octanol–water partition coefficient (Wildman–Crippen LogP) is 0.867. The van der Waals surface area contributed by atoms with E-state index >= 15 is 0 Å². The Morgan fingerprint density at radius 2 is 1.96 bits per heavy atom. The number of methoxy groups -OCH3 is 1. The molecule has 1 atom stereocenters. The zero-order chi connectivity index (χ0) is 19.1. The van der Waals surface area contributed by atoms with Gasteiger partial charge in [0.1, 0.15) is 13.2 Å². The van der Waals surface area contributed by atoms with E-state index in [0.717, 1.165) is 6.08 Å². The smallest absolute Gasteiger partial charge is 0.331 e. The number of amides is 3. The van der Waals surface area contributed by atoms with Gasteiger partial charge < -0.3 is 24.3 Å². The van der Waals surface area contributed by atoms with Crippen molar-refractivity contribution >= 4 is 24.0 Å². The average molecular weight is 364 g/mol. The molecule has 0 radical (unpaired) electrons. The number of nitrogens with one attached hydrogen (secondary N) is 2. The molecule has 2 N–H and O–H groups in total. The van der Waals surface area contributed by atoms with Gasteiger partial charge in [-0.2, -0.15) is 0 Å². The maximum Gasteiger partial charge on any atom is 0.331 e. The Morgan fingerprint density at radius 1 is 1.23 bits per heavy atom. The minimum atomic E-state index is -1.13. The standard InChI is InChI=1S/C17H20N2O7/c1-10(16(21)19-17(22)18-2)26-14(20)5-4-11-8-12(23-3)15-13(9-11)24-6-7-25-15/h4-5,8-10H,6-7H2,1-3H3,(H2,18,19,21,22)/b5-4+/t10-/m1/s1. The third kappa shape index (κ3) is 4.88. The Labute approximate surface area is 150 Å². The van der Waals surface area contributed by atoms with Gasteiger partial charge >= 0.3 is 12.0 Å². The van der Waals surface area contributed by atoms with Crippen molar-refractivity contribution in [2.75, 3.05) is 27.4 Å². The van der Waals surface area contributed by atoms with Crippen molar-refractivity contribution in [3.05, 3.63) is 23.8 Å². The third-order valence-electron chi connectivity index (χ3n) is 3.39. The minimum absolute atomic E-state index is 0.420. The monoisotopic (exact) mass is 364 g/mol. The van der Waals surface area contributed by atoms with Crippen molar-refractivity contribution in [3.8, 4) is 17.2 Å². The summed E-state index contributed by atoms with van der Waals surface area (Å²) in [6.07, 6.45) is 1.53. The summed E-state index contributed by atoms with van der Waals surface area (Å²) in [5.41, 5.74) is 0.630. The van der Waals surface area contributed by atoms with Gasteiger partial charge in [-0.3, -0.25) is 10.1 Å². The molecule has 140 valence electrons. The molecule has 0 spiro atoms. The van der Waals surface area contributed by atoms with Crippen molar-refractivity contribution in [1.29, 1.82) is 0 Å². The number of ether oxygens (including phenoxy) is 4. The van der Waals surface area contributed by atoms with Crippen LogP contribution in [0.4, 0.5) is 4.79 Å². The molecule has 26 heavy (non-hydrogen) atoms. The van der Waals surface area contributed by atoms with Crippen molar-refractivity contribution in [2.45, 2.75) is 13.0 Å². The molecule has 1 heterocycles. The molecule has 0 fully saturated rings. The molecule has 9 heteroatoms. The summed E-state index contributed by atoms with van der Waals surface area (Å²) in [7, 11) is 2.87. The average Bonchev–Trinajstić information content (AvgIpc) is 2.65. The highest BCUT2D eigenvalue weighted by molar-refractivity contribution is 5.98. The van der Waals surface area contributed by atoms with Gasteiger partial charge in [0, 0.05) is 13.1 Å². The lowest BCUT2D eigenvalue weighted by Gasteiger charge is -2.20. The molecule has 1 aromatic rings. The van der Waals surface area contributed by atoms with Gasteiger partial charge in [-0.05, 0) is 30.7 Å².